The van der Waals surface area contributed by atoms with Crippen molar-refractivity contribution < 1.29 is 19.4 Å². The summed E-state index contributed by atoms with van der Waals surface area (Å²) in [4.78, 5) is 60.6. The molecular formula is C31H32N6O6. The van der Waals surface area contributed by atoms with Crippen LogP contribution in [0.15, 0.2) is 81.3 Å². The Bertz CT molecular complexity index is 1810. The molecule has 1 aliphatic carbocycles. The van der Waals surface area contributed by atoms with Crippen LogP contribution in [0.1, 0.15) is 53.5 Å². The first-order valence-electron chi connectivity index (χ1n) is 14.0. The van der Waals surface area contributed by atoms with Crippen molar-refractivity contribution in [2.75, 3.05) is 5.32 Å². The molecule has 12 heteroatoms. The number of rotatable bonds is 8. The van der Waals surface area contributed by atoms with Crippen LogP contribution in [-0.2, 0) is 13.6 Å². The Kier molecular flexibility index (Phi) is 8.65. The standard InChI is InChI=1S/C31H32N6O6/c1-19-6-8-20(9-7-19)18-37-29(35-30(41)36(2)31(37)42)33-23-14-16-24(17-15-23)43-26-5-3-4-25(34-26)27(38)32-22-12-10-21(11-13-22)28(39)40/h3-5,10-17,19-20H,6-9,18H2,1-2H3,(H,32,38)(H,39,40)(H,33,35,41)/t19-,20-. The summed E-state index contributed by atoms with van der Waals surface area (Å²) in [6, 6.07) is 17.3. The van der Waals surface area contributed by atoms with Gasteiger partial charge < -0.3 is 15.2 Å². The second-order valence-electron chi connectivity index (χ2n) is 10.7. The van der Waals surface area contributed by atoms with Crippen LogP contribution in [0.2, 0.25) is 0 Å². The zero-order chi connectivity index (χ0) is 30.5. The maximum absolute atomic E-state index is 13.0. The zero-order valence-electron chi connectivity index (χ0n) is 23.8. The van der Waals surface area contributed by atoms with Crippen LogP contribution in [0.5, 0.6) is 11.6 Å². The van der Waals surface area contributed by atoms with Crippen molar-refractivity contribution in [2.45, 2.75) is 39.2 Å². The molecule has 5 rings (SSSR count). The van der Waals surface area contributed by atoms with Crippen molar-refractivity contribution in [1.29, 1.82) is 0 Å². The van der Waals surface area contributed by atoms with E-state index in [-0.39, 0.29) is 22.8 Å². The molecule has 3 N–H and O–H groups in total. The van der Waals surface area contributed by atoms with Gasteiger partial charge in [0, 0.05) is 25.3 Å². The van der Waals surface area contributed by atoms with Crippen LogP contribution < -0.4 is 27.1 Å². The van der Waals surface area contributed by atoms with E-state index < -0.39 is 23.3 Å². The van der Waals surface area contributed by atoms with Gasteiger partial charge in [-0.1, -0.05) is 25.8 Å². The van der Waals surface area contributed by atoms with E-state index in [2.05, 4.69) is 27.2 Å². The van der Waals surface area contributed by atoms with Crippen LogP contribution >= 0.6 is 0 Å². The SMILES string of the molecule is Cn1c(=O)[nH]/c(=N\c2ccc(Oc3cccc(C(=O)Nc4ccc(C(=O)O)cc4)n3)cc2)n(C[C@H]2CC[C@H](C)CC2)c1=O. The maximum atomic E-state index is 13.0. The molecule has 0 unspecified atom stereocenters. The number of hydrogen-bond donors (Lipinski definition) is 3. The fraction of sp³-hybridized carbons (Fsp3) is 0.290. The van der Waals surface area contributed by atoms with Gasteiger partial charge in [0.15, 0.2) is 0 Å². The fourth-order valence-electron chi connectivity index (χ4n) is 4.95. The number of H-pyrrole nitrogens is 1. The van der Waals surface area contributed by atoms with Gasteiger partial charge in [0.25, 0.3) is 5.91 Å². The molecule has 0 bridgehead atoms. The molecule has 0 aliphatic heterocycles. The number of nitrogens with one attached hydrogen (secondary N) is 2. The number of nitrogens with zero attached hydrogens (tertiary/aromatic N) is 4. The molecule has 2 aromatic carbocycles. The number of carbonyl (C=O) groups is 2. The highest BCUT2D eigenvalue weighted by molar-refractivity contribution is 6.03. The lowest BCUT2D eigenvalue weighted by molar-refractivity contribution is 0.0696. The molecule has 1 fully saturated rings. The molecule has 1 aliphatic rings. The first kappa shape index (κ1) is 29.2. The largest absolute Gasteiger partial charge is 0.478 e. The second-order valence-corrected chi connectivity index (χ2v) is 10.7. The molecule has 2 aromatic heterocycles. The highest BCUT2D eigenvalue weighted by Crippen LogP contribution is 2.29. The summed E-state index contributed by atoms with van der Waals surface area (Å²) in [7, 11) is 1.45. The van der Waals surface area contributed by atoms with E-state index in [0.717, 1.165) is 30.3 Å². The van der Waals surface area contributed by atoms with E-state index in [1.54, 1.807) is 36.4 Å². The number of benzene rings is 2. The summed E-state index contributed by atoms with van der Waals surface area (Å²) < 4.78 is 8.43. The maximum Gasteiger partial charge on any atom is 0.335 e. The molecule has 1 amide bonds. The quantitative estimate of drug-likeness (QED) is 0.281. The number of hydrogen-bond acceptors (Lipinski definition) is 7. The molecule has 0 saturated heterocycles. The smallest absolute Gasteiger partial charge is 0.335 e. The van der Waals surface area contributed by atoms with Gasteiger partial charge in [0.2, 0.25) is 11.5 Å². The topological polar surface area (TPSA) is 161 Å². The molecule has 0 atom stereocenters. The van der Waals surface area contributed by atoms with Crippen LogP contribution in [0, 0.1) is 11.8 Å². The minimum absolute atomic E-state index is 0.109. The molecule has 4 aromatic rings. The predicted octanol–water partition coefficient (Wildman–Crippen LogP) is 4.07. The predicted molar refractivity (Wildman–Crippen MR) is 159 cm³/mol. The first-order chi connectivity index (χ1) is 20.7. The number of carboxylic acids is 1. The molecule has 0 spiro atoms. The Balaban J connectivity index is 1.31. The van der Waals surface area contributed by atoms with Gasteiger partial charge in [-0.05, 0) is 79.3 Å². The Hall–Kier alpha value is -5.26. The number of amides is 1. The van der Waals surface area contributed by atoms with E-state index in [1.165, 1.54) is 41.9 Å². The molecule has 12 nitrogen and oxygen atoms in total. The molecule has 222 valence electrons. The number of aromatic amines is 1. The Morgan fingerprint density at radius 1 is 1.02 bits per heavy atom. The highest BCUT2D eigenvalue weighted by Gasteiger charge is 2.20. The average molecular weight is 585 g/mol. The van der Waals surface area contributed by atoms with Gasteiger partial charge in [-0.3, -0.25) is 14.3 Å². The first-order valence-corrected chi connectivity index (χ1v) is 14.0. The van der Waals surface area contributed by atoms with E-state index in [9.17, 15) is 19.2 Å². The summed E-state index contributed by atoms with van der Waals surface area (Å²) in [6.45, 7) is 2.73. The van der Waals surface area contributed by atoms with Gasteiger partial charge in [-0.2, -0.15) is 0 Å². The summed E-state index contributed by atoms with van der Waals surface area (Å²) in [6.07, 6.45) is 4.29. The number of anilines is 1. The average Bonchev–Trinajstić information content (AvgIpc) is 3.00. The van der Waals surface area contributed by atoms with E-state index >= 15 is 0 Å². The van der Waals surface area contributed by atoms with E-state index in [0.29, 0.717) is 35.5 Å². The van der Waals surface area contributed by atoms with Gasteiger partial charge in [0.05, 0.1) is 11.3 Å². The monoisotopic (exact) mass is 584 g/mol. The van der Waals surface area contributed by atoms with Crippen molar-refractivity contribution in [3.8, 4) is 11.6 Å². The zero-order valence-corrected chi connectivity index (χ0v) is 23.8. The van der Waals surface area contributed by atoms with Crippen molar-refractivity contribution in [1.82, 2.24) is 19.1 Å². The third-order valence-corrected chi connectivity index (χ3v) is 7.51. The number of carboxylic acid groups (broad SMARTS) is 1. The van der Waals surface area contributed by atoms with Crippen molar-refractivity contribution in [3.63, 3.8) is 0 Å². The number of carbonyl (C=O) groups excluding carboxylic acids is 1. The lowest BCUT2D eigenvalue weighted by atomic mass is 9.83. The molecule has 0 radical (unpaired) electrons. The van der Waals surface area contributed by atoms with E-state index in [1.807, 2.05) is 0 Å². The van der Waals surface area contributed by atoms with Crippen molar-refractivity contribution >= 4 is 23.3 Å². The second kappa shape index (κ2) is 12.7. The Morgan fingerprint density at radius 2 is 1.72 bits per heavy atom. The van der Waals surface area contributed by atoms with Crippen LogP contribution in [0.3, 0.4) is 0 Å². The lowest BCUT2D eigenvalue weighted by Gasteiger charge is -2.26. The van der Waals surface area contributed by atoms with Crippen molar-refractivity contribution in [2.24, 2.45) is 23.9 Å². The highest BCUT2D eigenvalue weighted by atomic mass is 16.5. The summed E-state index contributed by atoms with van der Waals surface area (Å²) in [5.74, 6) is 0.113. The minimum atomic E-state index is -1.06. The Labute approximate surface area is 246 Å². The van der Waals surface area contributed by atoms with Crippen LogP contribution in [0.25, 0.3) is 0 Å². The fourth-order valence-corrected chi connectivity index (χ4v) is 4.95. The number of aromatic nitrogens is 4. The van der Waals surface area contributed by atoms with Gasteiger partial charge in [0.1, 0.15) is 11.4 Å². The summed E-state index contributed by atoms with van der Waals surface area (Å²) in [5.41, 5.74) is 0.404. The molecule has 1 saturated carbocycles. The third-order valence-electron chi connectivity index (χ3n) is 7.51. The number of ether oxygens (including phenoxy) is 1. The van der Waals surface area contributed by atoms with Crippen LogP contribution in [-0.4, -0.2) is 36.1 Å². The molecule has 43 heavy (non-hydrogen) atoms. The van der Waals surface area contributed by atoms with Crippen LogP contribution in [0.4, 0.5) is 11.4 Å². The summed E-state index contributed by atoms with van der Waals surface area (Å²) in [5, 5.41) is 11.7. The van der Waals surface area contributed by atoms with Crippen molar-refractivity contribution in [3.05, 3.63) is 105 Å². The third kappa shape index (κ3) is 7.15. The molecule has 2 heterocycles. The summed E-state index contributed by atoms with van der Waals surface area (Å²) >= 11 is 0. The van der Waals surface area contributed by atoms with Gasteiger partial charge >= 0.3 is 17.3 Å². The van der Waals surface area contributed by atoms with Gasteiger partial charge in [-0.25, -0.2) is 28.9 Å². The minimum Gasteiger partial charge on any atom is -0.478 e. The number of pyridine rings is 1. The lowest BCUT2D eigenvalue weighted by Crippen LogP contribution is -2.49. The van der Waals surface area contributed by atoms with E-state index in [4.69, 9.17) is 9.84 Å². The normalized spacial score (nSPS) is 16.9. The Morgan fingerprint density at radius 3 is 2.40 bits per heavy atom. The number of aromatic carboxylic acids is 1. The molecular weight excluding hydrogens is 552 g/mol. The van der Waals surface area contributed by atoms with Gasteiger partial charge in [-0.15, -0.1) is 0 Å².